The molecule has 1 amide bonds. The molecule has 3 aromatic rings. The lowest BCUT2D eigenvalue weighted by Gasteiger charge is -2.16. The first kappa shape index (κ1) is 19.0. The lowest BCUT2D eigenvalue weighted by Crippen LogP contribution is -2.29. The van der Waals surface area contributed by atoms with Crippen LogP contribution in [0.25, 0.3) is 10.9 Å². The molecule has 150 valence electrons. The van der Waals surface area contributed by atoms with Crippen molar-refractivity contribution in [2.75, 3.05) is 14.2 Å². The zero-order chi connectivity index (χ0) is 20.4. The number of nitrogens with one attached hydrogen (secondary N) is 1. The smallest absolute Gasteiger partial charge is 0.261 e. The van der Waals surface area contributed by atoms with Crippen LogP contribution in [0.3, 0.4) is 0 Å². The van der Waals surface area contributed by atoms with Crippen LogP contribution in [0.15, 0.2) is 47.5 Å². The molecule has 1 aliphatic carbocycles. The number of amides is 1. The van der Waals surface area contributed by atoms with E-state index in [9.17, 15) is 9.59 Å². The highest BCUT2D eigenvalue weighted by atomic mass is 16.5. The van der Waals surface area contributed by atoms with Crippen molar-refractivity contribution in [2.45, 2.75) is 31.8 Å². The normalized spacial score (nSPS) is 15.2. The molecule has 0 saturated heterocycles. The molecule has 7 heteroatoms. The van der Waals surface area contributed by atoms with Crippen molar-refractivity contribution in [1.82, 2.24) is 14.9 Å². The van der Waals surface area contributed by atoms with E-state index in [2.05, 4.69) is 10.3 Å². The number of nitrogens with zero attached hydrogens (tertiary/aromatic N) is 2. The third-order valence-corrected chi connectivity index (χ3v) is 5.37. The predicted molar refractivity (Wildman–Crippen MR) is 109 cm³/mol. The molecule has 0 aliphatic heterocycles. The number of aryl methyl sites for hydroxylation is 2. The number of carbonyl (C=O) groups is 1. The molecular weight excluding hydrogens is 370 g/mol. The SMILES string of the molecule is COc1cc2c(cc1OC)[C@@H](NC(=O)CCn1cnc3ccccc3c1=O)CC2. The van der Waals surface area contributed by atoms with Gasteiger partial charge in [0.1, 0.15) is 0 Å². The van der Waals surface area contributed by atoms with Crippen molar-refractivity contribution >= 4 is 16.8 Å². The third kappa shape index (κ3) is 3.68. The van der Waals surface area contributed by atoms with E-state index in [1.807, 2.05) is 24.3 Å². The van der Waals surface area contributed by atoms with Crippen LogP contribution in [-0.2, 0) is 17.8 Å². The number of para-hydroxylation sites is 1. The van der Waals surface area contributed by atoms with Crippen LogP contribution in [0.1, 0.15) is 30.0 Å². The number of rotatable bonds is 6. The Morgan fingerprint density at radius 1 is 1.21 bits per heavy atom. The van der Waals surface area contributed by atoms with Crippen molar-refractivity contribution in [3.63, 3.8) is 0 Å². The maximum Gasteiger partial charge on any atom is 0.261 e. The van der Waals surface area contributed by atoms with E-state index < -0.39 is 0 Å². The maximum atomic E-state index is 12.5. The summed E-state index contributed by atoms with van der Waals surface area (Å²) in [5.74, 6) is 1.25. The number of aromatic nitrogens is 2. The first-order valence-corrected chi connectivity index (χ1v) is 9.59. The van der Waals surface area contributed by atoms with E-state index in [-0.39, 0.29) is 30.5 Å². The van der Waals surface area contributed by atoms with Crippen LogP contribution < -0.4 is 20.3 Å². The molecule has 0 fully saturated rings. The Morgan fingerprint density at radius 2 is 1.97 bits per heavy atom. The molecule has 7 nitrogen and oxygen atoms in total. The fourth-order valence-corrected chi connectivity index (χ4v) is 3.84. The number of fused-ring (bicyclic) bond motifs is 2. The molecule has 0 unspecified atom stereocenters. The van der Waals surface area contributed by atoms with E-state index in [0.717, 1.165) is 24.0 Å². The molecule has 2 aromatic carbocycles. The maximum absolute atomic E-state index is 12.5. The third-order valence-electron chi connectivity index (χ3n) is 5.37. The lowest BCUT2D eigenvalue weighted by molar-refractivity contribution is -0.122. The largest absolute Gasteiger partial charge is 0.493 e. The van der Waals surface area contributed by atoms with Crippen molar-refractivity contribution in [3.8, 4) is 11.5 Å². The summed E-state index contributed by atoms with van der Waals surface area (Å²) in [6, 6.07) is 11.0. The molecule has 0 bridgehead atoms. The van der Waals surface area contributed by atoms with Gasteiger partial charge in [0.2, 0.25) is 5.91 Å². The van der Waals surface area contributed by atoms with Crippen LogP contribution in [0.2, 0.25) is 0 Å². The highest BCUT2D eigenvalue weighted by Crippen LogP contribution is 2.39. The Labute approximate surface area is 168 Å². The van der Waals surface area contributed by atoms with Gasteiger partial charge in [-0.3, -0.25) is 14.2 Å². The average molecular weight is 393 g/mol. The second-order valence-corrected chi connectivity index (χ2v) is 7.08. The summed E-state index contributed by atoms with van der Waals surface area (Å²) in [5, 5.41) is 3.64. The topological polar surface area (TPSA) is 82.4 Å². The molecule has 29 heavy (non-hydrogen) atoms. The monoisotopic (exact) mass is 393 g/mol. The molecule has 1 heterocycles. The first-order valence-electron chi connectivity index (χ1n) is 9.59. The van der Waals surface area contributed by atoms with Gasteiger partial charge in [-0.1, -0.05) is 12.1 Å². The second-order valence-electron chi connectivity index (χ2n) is 7.08. The summed E-state index contributed by atoms with van der Waals surface area (Å²) in [6.45, 7) is 0.286. The molecule has 1 N–H and O–H groups in total. The highest BCUT2D eigenvalue weighted by molar-refractivity contribution is 5.78. The molecule has 1 aliphatic rings. The standard InChI is InChI=1S/C22H23N3O4/c1-28-19-11-14-7-8-18(16(14)12-20(19)29-2)24-21(26)9-10-25-13-23-17-6-4-3-5-15(17)22(25)27/h3-6,11-13,18H,7-10H2,1-2H3,(H,24,26)/t18-/m0/s1. The van der Waals surface area contributed by atoms with Gasteiger partial charge in [0, 0.05) is 13.0 Å². The number of carbonyl (C=O) groups excluding carboxylic acids is 1. The van der Waals surface area contributed by atoms with Crippen LogP contribution in [-0.4, -0.2) is 29.7 Å². The van der Waals surface area contributed by atoms with Gasteiger partial charge >= 0.3 is 0 Å². The van der Waals surface area contributed by atoms with Gasteiger partial charge in [-0.05, 0) is 48.2 Å². The summed E-state index contributed by atoms with van der Waals surface area (Å²) in [7, 11) is 3.21. The van der Waals surface area contributed by atoms with Crippen LogP contribution in [0, 0.1) is 0 Å². The number of benzene rings is 2. The van der Waals surface area contributed by atoms with E-state index in [0.29, 0.717) is 22.4 Å². The van der Waals surface area contributed by atoms with Crippen molar-refractivity contribution in [3.05, 3.63) is 64.2 Å². The molecule has 0 spiro atoms. The number of hydrogen-bond acceptors (Lipinski definition) is 5. The van der Waals surface area contributed by atoms with Crippen molar-refractivity contribution in [2.24, 2.45) is 0 Å². The van der Waals surface area contributed by atoms with E-state index in [1.54, 1.807) is 26.4 Å². The predicted octanol–water partition coefficient (Wildman–Crippen LogP) is 2.61. The number of hydrogen-bond donors (Lipinski definition) is 1. The summed E-state index contributed by atoms with van der Waals surface area (Å²) < 4.78 is 12.2. The van der Waals surface area contributed by atoms with Crippen LogP contribution >= 0.6 is 0 Å². The zero-order valence-electron chi connectivity index (χ0n) is 16.5. The minimum Gasteiger partial charge on any atom is -0.493 e. The zero-order valence-corrected chi connectivity index (χ0v) is 16.5. The fraction of sp³-hybridized carbons (Fsp3) is 0.318. The fourth-order valence-electron chi connectivity index (χ4n) is 3.84. The van der Waals surface area contributed by atoms with Gasteiger partial charge in [-0.2, -0.15) is 0 Å². The molecule has 0 saturated carbocycles. The van der Waals surface area contributed by atoms with Gasteiger partial charge in [-0.25, -0.2) is 4.98 Å². The van der Waals surface area contributed by atoms with E-state index >= 15 is 0 Å². The Hall–Kier alpha value is -3.35. The lowest BCUT2D eigenvalue weighted by atomic mass is 10.1. The van der Waals surface area contributed by atoms with Crippen LogP contribution in [0.4, 0.5) is 0 Å². The molecule has 0 radical (unpaired) electrons. The summed E-state index contributed by atoms with van der Waals surface area (Å²) >= 11 is 0. The van der Waals surface area contributed by atoms with E-state index in [1.165, 1.54) is 10.9 Å². The Bertz CT molecular complexity index is 1120. The molecule has 1 atom stereocenters. The molecule has 1 aromatic heterocycles. The van der Waals surface area contributed by atoms with Crippen molar-refractivity contribution < 1.29 is 14.3 Å². The Morgan fingerprint density at radius 3 is 2.76 bits per heavy atom. The minimum atomic E-state index is -0.133. The summed E-state index contributed by atoms with van der Waals surface area (Å²) in [5.41, 5.74) is 2.74. The highest BCUT2D eigenvalue weighted by Gasteiger charge is 2.26. The average Bonchev–Trinajstić information content (AvgIpc) is 3.13. The second kappa shape index (κ2) is 7.95. The first-order chi connectivity index (χ1) is 14.1. The number of ether oxygens (including phenoxy) is 2. The van der Waals surface area contributed by atoms with Crippen molar-refractivity contribution in [1.29, 1.82) is 0 Å². The quantitative estimate of drug-likeness (QED) is 0.696. The minimum absolute atomic E-state index is 0.0660. The summed E-state index contributed by atoms with van der Waals surface area (Å²) in [6.07, 6.45) is 3.41. The van der Waals surface area contributed by atoms with Gasteiger partial charge in [0.15, 0.2) is 11.5 Å². The van der Waals surface area contributed by atoms with E-state index in [4.69, 9.17) is 9.47 Å². The Kier molecular flexibility index (Phi) is 5.20. The van der Waals surface area contributed by atoms with Gasteiger partial charge in [0.05, 0.1) is 37.5 Å². The summed E-state index contributed by atoms with van der Waals surface area (Å²) in [4.78, 5) is 29.4. The molecular formula is C22H23N3O4. The number of methoxy groups -OCH3 is 2. The van der Waals surface area contributed by atoms with Crippen LogP contribution in [0.5, 0.6) is 11.5 Å². The van der Waals surface area contributed by atoms with Gasteiger partial charge < -0.3 is 14.8 Å². The van der Waals surface area contributed by atoms with Gasteiger partial charge in [-0.15, -0.1) is 0 Å². The molecule has 4 rings (SSSR count). The Balaban J connectivity index is 1.44. The van der Waals surface area contributed by atoms with Gasteiger partial charge in [0.25, 0.3) is 5.56 Å².